The van der Waals surface area contributed by atoms with Crippen LogP contribution in [0.25, 0.3) is 0 Å². The van der Waals surface area contributed by atoms with Crippen LogP contribution in [0.4, 0.5) is 0 Å². The van der Waals surface area contributed by atoms with Gasteiger partial charge in [0.05, 0.1) is 30.6 Å². The number of furan rings is 1. The van der Waals surface area contributed by atoms with E-state index in [0.717, 1.165) is 36.0 Å². The Balaban J connectivity index is 1.71. The summed E-state index contributed by atoms with van der Waals surface area (Å²) in [4.78, 5) is 6.91. The molecule has 0 saturated carbocycles. The highest BCUT2D eigenvalue weighted by molar-refractivity contribution is 7.80. The van der Waals surface area contributed by atoms with E-state index >= 15 is 0 Å². The summed E-state index contributed by atoms with van der Waals surface area (Å²) in [6, 6.07) is 14.4. The van der Waals surface area contributed by atoms with Crippen molar-refractivity contribution >= 4 is 17.3 Å². The molecule has 0 bridgehead atoms. The number of nitrogens with one attached hydrogen (secondary N) is 1. The van der Waals surface area contributed by atoms with Gasteiger partial charge in [0, 0.05) is 24.6 Å². The van der Waals surface area contributed by atoms with Gasteiger partial charge in [-0.05, 0) is 55.0 Å². The van der Waals surface area contributed by atoms with E-state index in [-0.39, 0.29) is 12.1 Å². The molecule has 1 fully saturated rings. The highest BCUT2D eigenvalue weighted by atomic mass is 32.1. The summed E-state index contributed by atoms with van der Waals surface area (Å²) in [5.74, 6) is 0.940. The third kappa shape index (κ3) is 3.62. The van der Waals surface area contributed by atoms with E-state index in [9.17, 15) is 0 Å². The minimum atomic E-state index is 0.0285. The molecular formula is C21H24N4OS. The smallest absolute Gasteiger partial charge is 0.170 e. The maximum Gasteiger partial charge on any atom is 0.170 e. The minimum absolute atomic E-state index is 0.0285. The van der Waals surface area contributed by atoms with Crippen LogP contribution in [0, 0.1) is 0 Å². The van der Waals surface area contributed by atoms with Crippen molar-refractivity contribution in [1.82, 2.24) is 19.8 Å². The molecule has 5 nitrogen and oxygen atoms in total. The lowest BCUT2D eigenvalue weighted by Gasteiger charge is -2.28. The lowest BCUT2D eigenvalue weighted by atomic mass is 10.0. The van der Waals surface area contributed by atoms with Gasteiger partial charge < -0.3 is 19.2 Å². The summed E-state index contributed by atoms with van der Waals surface area (Å²) in [6.07, 6.45) is 7.90. The molecule has 6 heteroatoms. The normalized spacial score (nSPS) is 19.4. The maximum absolute atomic E-state index is 5.70. The molecule has 0 amide bonds. The molecule has 0 aromatic carbocycles. The van der Waals surface area contributed by atoms with E-state index in [1.165, 1.54) is 5.69 Å². The number of aromatic nitrogens is 2. The molecule has 1 aliphatic rings. The van der Waals surface area contributed by atoms with E-state index in [4.69, 9.17) is 16.6 Å². The van der Waals surface area contributed by atoms with Crippen LogP contribution < -0.4 is 5.32 Å². The molecule has 2 atom stereocenters. The molecule has 0 spiro atoms. The Morgan fingerprint density at radius 3 is 2.85 bits per heavy atom. The zero-order valence-electron chi connectivity index (χ0n) is 15.4. The largest absolute Gasteiger partial charge is 0.467 e. The fourth-order valence-electron chi connectivity index (χ4n) is 3.71. The number of hydrogen-bond donors (Lipinski definition) is 1. The number of pyridine rings is 1. The standard InChI is InChI=1S/C21H24N4OS/c1-2-3-13-25-20(19(23-21(25)27)17-9-4-5-11-22-17)18-10-6-12-24(18)15-16-8-7-14-26-16/h4-12,14,19-20H,2-3,13,15H2,1H3,(H,23,27)/t19-,20+/m0/s1. The van der Waals surface area contributed by atoms with Gasteiger partial charge in [-0.2, -0.15) is 0 Å². The van der Waals surface area contributed by atoms with Gasteiger partial charge in [-0.25, -0.2) is 0 Å². The van der Waals surface area contributed by atoms with Crippen molar-refractivity contribution in [2.24, 2.45) is 0 Å². The van der Waals surface area contributed by atoms with E-state index in [1.807, 2.05) is 30.5 Å². The molecule has 1 saturated heterocycles. The first-order valence-electron chi connectivity index (χ1n) is 9.43. The molecule has 3 aromatic rings. The summed E-state index contributed by atoms with van der Waals surface area (Å²) in [5.41, 5.74) is 2.22. The monoisotopic (exact) mass is 380 g/mol. The fraction of sp³-hybridized carbons (Fsp3) is 0.333. The highest BCUT2D eigenvalue weighted by Crippen LogP contribution is 2.39. The first kappa shape index (κ1) is 17.8. The number of rotatable bonds is 7. The minimum Gasteiger partial charge on any atom is -0.467 e. The fourth-order valence-corrected chi connectivity index (χ4v) is 4.04. The Kier molecular flexibility index (Phi) is 5.25. The third-order valence-electron chi connectivity index (χ3n) is 5.02. The third-order valence-corrected chi connectivity index (χ3v) is 5.38. The quantitative estimate of drug-likeness (QED) is 0.619. The second kappa shape index (κ2) is 7.96. The predicted molar refractivity (Wildman–Crippen MR) is 109 cm³/mol. The Morgan fingerprint density at radius 2 is 2.11 bits per heavy atom. The van der Waals surface area contributed by atoms with Gasteiger partial charge in [-0.3, -0.25) is 4.98 Å². The molecular weight excluding hydrogens is 356 g/mol. The molecule has 140 valence electrons. The Morgan fingerprint density at radius 1 is 1.19 bits per heavy atom. The molecule has 3 aromatic heterocycles. The van der Waals surface area contributed by atoms with E-state index in [2.05, 4.69) is 51.1 Å². The molecule has 0 radical (unpaired) electrons. The second-order valence-corrected chi connectivity index (χ2v) is 7.20. The number of nitrogens with zero attached hydrogens (tertiary/aromatic N) is 3. The Bertz CT molecular complexity index is 875. The van der Waals surface area contributed by atoms with Crippen LogP contribution in [-0.2, 0) is 6.54 Å². The molecule has 0 aliphatic carbocycles. The molecule has 1 aliphatic heterocycles. The van der Waals surface area contributed by atoms with Crippen molar-refractivity contribution in [3.05, 3.63) is 78.3 Å². The number of hydrogen-bond acceptors (Lipinski definition) is 3. The lowest BCUT2D eigenvalue weighted by molar-refractivity contribution is 0.299. The van der Waals surface area contributed by atoms with E-state index in [1.54, 1.807) is 6.26 Å². The van der Waals surface area contributed by atoms with Gasteiger partial charge in [0.2, 0.25) is 0 Å². The number of unbranched alkanes of at least 4 members (excludes halogenated alkanes) is 1. The predicted octanol–water partition coefficient (Wildman–Crippen LogP) is 4.30. The van der Waals surface area contributed by atoms with E-state index in [0.29, 0.717) is 6.54 Å². The van der Waals surface area contributed by atoms with Crippen LogP contribution in [0.3, 0.4) is 0 Å². The van der Waals surface area contributed by atoms with Crippen molar-refractivity contribution in [3.63, 3.8) is 0 Å². The van der Waals surface area contributed by atoms with Crippen LogP contribution in [-0.4, -0.2) is 26.1 Å². The van der Waals surface area contributed by atoms with Crippen molar-refractivity contribution in [1.29, 1.82) is 0 Å². The first-order chi connectivity index (χ1) is 13.3. The SMILES string of the molecule is CCCCN1C(=S)N[C@@H](c2ccccn2)[C@H]1c1cccn1Cc1ccco1. The van der Waals surface area contributed by atoms with Gasteiger partial charge in [0.15, 0.2) is 5.11 Å². The zero-order valence-corrected chi connectivity index (χ0v) is 16.2. The average molecular weight is 381 g/mol. The van der Waals surface area contributed by atoms with Gasteiger partial charge in [0.25, 0.3) is 0 Å². The summed E-state index contributed by atoms with van der Waals surface area (Å²) in [7, 11) is 0. The van der Waals surface area contributed by atoms with Gasteiger partial charge in [-0.1, -0.05) is 19.4 Å². The van der Waals surface area contributed by atoms with Gasteiger partial charge >= 0.3 is 0 Å². The summed E-state index contributed by atoms with van der Waals surface area (Å²) >= 11 is 5.70. The van der Waals surface area contributed by atoms with Crippen LogP contribution in [0.15, 0.2) is 65.5 Å². The molecule has 0 unspecified atom stereocenters. The topological polar surface area (TPSA) is 46.2 Å². The van der Waals surface area contributed by atoms with Crippen molar-refractivity contribution in [2.45, 2.75) is 38.4 Å². The first-order valence-corrected chi connectivity index (χ1v) is 9.84. The van der Waals surface area contributed by atoms with Crippen molar-refractivity contribution in [2.75, 3.05) is 6.54 Å². The summed E-state index contributed by atoms with van der Waals surface area (Å²) < 4.78 is 7.80. The summed E-state index contributed by atoms with van der Waals surface area (Å²) in [5, 5.41) is 4.31. The van der Waals surface area contributed by atoms with Crippen LogP contribution in [0.2, 0.25) is 0 Å². The van der Waals surface area contributed by atoms with Crippen molar-refractivity contribution < 1.29 is 4.42 Å². The zero-order chi connectivity index (χ0) is 18.6. The lowest BCUT2D eigenvalue weighted by Crippen LogP contribution is -2.31. The van der Waals surface area contributed by atoms with Gasteiger partial charge in [0.1, 0.15) is 5.76 Å². The Labute approximate surface area is 165 Å². The summed E-state index contributed by atoms with van der Waals surface area (Å²) in [6.45, 7) is 3.84. The van der Waals surface area contributed by atoms with E-state index < -0.39 is 0 Å². The maximum atomic E-state index is 5.70. The van der Waals surface area contributed by atoms with Crippen LogP contribution in [0.5, 0.6) is 0 Å². The van der Waals surface area contributed by atoms with Crippen LogP contribution in [0.1, 0.15) is 49.0 Å². The van der Waals surface area contributed by atoms with Crippen LogP contribution >= 0.6 is 12.2 Å². The molecule has 1 N–H and O–H groups in total. The second-order valence-electron chi connectivity index (χ2n) is 6.81. The highest BCUT2D eigenvalue weighted by Gasteiger charge is 2.40. The Hall–Kier alpha value is -2.60. The van der Waals surface area contributed by atoms with Crippen molar-refractivity contribution in [3.8, 4) is 0 Å². The molecule has 27 heavy (non-hydrogen) atoms. The average Bonchev–Trinajstić information content (AvgIpc) is 3.42. The number of thiocarbonyl (C=S) groups is 1. The van der Waals surface area contributed by atoms with Gasteiger partial charge in [-0.15, -0.1) is 0 Å². The molecule has 4 heterocycles. The molecule has 4 rings (SSSR count).